The minimum absolute atomic E-state index is 0.659. The summed E-state index contributed by atoms with van der Waals surface area (Å²) in [4.78, 5) is 0. The van der Waals surface area contributed by atoms with E-state index in [0.717, 1.165) is 13.1 Å². The van der Waals surface area contributed by atoms with Crippen LogP contribution in [0.1, 0.15) is 19.8 Å². The van der Waals surface area contributed by atoms with Crippen molar-refractivity contribution in [2.24, 2.45) is 11.7 Å². The molecule has 0 heterocycles. The number of nitrogens with one attached hydrogen (secondary N) is 1. The molecule has 0 rings (SSSR count). The van der Waals surface area contributed by atoms with Crippen LogP contribution in [0.4, 0.5) is 0 Å². The monoisotopic (exact) mass is 142 g/mol. The smallest absolute Gasteiger partial charge is 0.0141 e. The molecule has 1 unspecified atom stereocenters. The summed E-state index contributed by atoms with van der Waals surface area (Å²) in [5.74, 6) is 0.659. The molecule has 0 fully saturated rings. The predicted octanol–water partition coefficient (Wildman–Crippen LogP) is 1.09. The second-order valence-electron chi connectivity index (χ2n) is 2.64. The van der Waals surface area contributed by atoms with Crippen LogP contribution in [-0.4, -0.2) is 13.1 Å². The summed E-state index contributed by atoms with van der Waals surface area (Å²) in [6.45, 7) is 7.56. The number of rotatable bonds is 6. The van der Waals surface area contributed by atoms with Gasteiger partial charge in [0, 0.05) is 6.54 Å². The highest BCUT2D eigenvalue weighted by Gasteiger charge is 1.96. The third-order valence-electron chi connectivity index (χ3n) is 1.56. The Morgan fingerprint density at radius 2 is 2.40 bits per heavy atom. The van der Waals surface area contributed by atoms with Crippen LogP contribution < -0.4 is 11.1 Å². The lowest BCUT2D eigenvalue weighted by Gasteiger charge is -2.06. The van der Waals surface area contributed by atoms with Crippen molar-refractivity contribution < 1.29 is 0 Å². The molecule has 0 aromatic carbocycles. The Morgan fingerprint density at radius 1 is 1.70 bits per heavy atom. The molecule has 3 N–H and O–H groups in total. The number of nitrogens with two attached hydrogens (primary N) is 1. The molecule has 0 saturated carbocycles. The molecule has 0 aliphatic heterocycles. The van der Waals surface area contributed by atoms with Crippen molar-refractivity contribution in [3.05, 3.63) is 12.8 Å². The van der Waals surface area contributed by atoms with Gasteiger partial charge in [-0.3, -0.25) is 0 Å². The lowest BCUT2D eigenvalue weighted by molar-refractivity contribution is 0.515. The van der Waals surface area contributed by atoms with E-state index in [0.29, 0.717) is 5.92 Å². The van der Waals surface area contributed by atoms with Crippen molar-refractivity contribution in [3.63, 3.8) is 0 Å². The Hall–Kier alpha value is -0.500. The number of hydrogen-bond donors (Lipinski definition) is 2. The Balaban J connectivity index is 2.95. The molecule has 2 heteroatoms. The highest BCUT2D eigenvalue weighted by molar-refractivity contribution is 4.63. The Labute approximate surface area is 63.5 Å². The average molecular weight is 142 g/mol. The summed E-state index contributed by atoms with van der Waals surface area (Å²) in [5.41, 5.74) is 5.45. The van der Waals surface area contributed by atoms with Crippen LogP contribution in [0.15, 0.2) is 12.8 Å². The molecule has 0 aliphatic rings. The van der Waals surface area contributed by atoms with Crippen LogP contribution in [-0.2, 0) is 0 Å². The first-order chi connectivity index (χ1) is 4.81. The third kappa shape index (κ3) is 5.63. The molecule has 0 aliphatic carbocycles. The van der Waals surface area contributed by atoms with E-state index in [1.807, 2.05) is 0 Å². The zero-order valence-electron chi connectivity index (χ0n) is 6.77. The average Bonchev–Trinajstić information content (AvgIpc) is 1.98. The molecule has 0 aromatic heterocycles. The first-order valence-corrected chi connectivity index (χ1v) is 3.85. The zero-order valence-corrected chi connectivity index (χ0v) is 6.77. The molecule has 1 atom stereocenters. The molecule has 0 saturated heterocycles. The molecule has 2 nitrogen and oxygen atoms in total. The second-order valence-corrected chi connectivity index (χ2v) is 2.64. The maximum absolute atomic E-state index is 5.45. The van der Waals surface area contributed by atoms with Crippen LogP contribution in [0, 0.1) is 5.92 Å². The topological polar surface area (TPSA) is 38.0 Å². The van der Waals surface area contributed by atoms with Crippen molar-refractivity contribution in [1.29, 1.82) is 0 Å². The number of hydrogen-bond acceptors (Lipinski definition) is 2. The SMILES string of the molecule is C=CNCCCC(C)CN. The summed E-state index contributed by atoms with van der Waals surface area (Å²) in [6.07, 6.45) is 4.12. The van der Waals surface area contributed by atoms with E-state index in [4.69, 9.17) is 5.73 Å². The molecule has 0 spiro atoms. The van der Waals surface area contributed by atoms with Crippen molar-refractivity contribution in [3.8, 4) is 0 Å². The van der Waals surface area contributed by atoms with Gasteiger partial charge >= 0.3 is 0 Å². The normalized spacial score (nSPS) is 12.6. The zero-order chi connectivity index (χ0) is 7.82. The van der Waals surface area contributed by atoms with Gasteiger partial charge in [0.2, 0.25) is 0 Å². The molecule has 0 bridgehead atoms. The van der Waals surface area contributed by atoms with Crippen LogP contribution in [0.2, 0.25) is 0 Å². The van der Waals surface area contributed by atoms with Gasteiger partial charge in [-0.1, -0.05) is 13.5 Å². The van der Waals surface area contributed by atoms with Crippen LogP contribution >= 0.6 is 0 Å². The molecule has 60 valence electrons. The van der Waals surface area contributed by atoms with Crippen LogP contribution in [0.25, 0.3) is 0 Å². The van der Waals surface area contributed by atoms with Gasteiger partial charge in [0.15, 0.2) is 0 Å². The van der Waals surface area contributed by atoms with E-state index in [9.17, 15) is 0 Å². The third-order valence-corrected chi connectivity index (χ3v) is 1.56. The fourth-order valence-electron chi connectivity index (χ4n) is 0.772. The molecule has 0 radical (unpaired) electrons. The minimum Gasteiger partial charge on any atom is -0.391 e. The summed E-state index contributed by atoms with van der Waals surface area (Å²) < 4.78 is 0. The van der Waals surface area contributed by atoms with E-state index in [2.05, 4.69) is 18.8 Å². The van der Waals surface area contributed by atoms with E-state index in [-0.39, 0.29) is 0 Å². The fraction of sp³-hybridized carbons (Fsp3) is 0.750. The van der Waals surface area contributed by atoms with Crippen molar-refractivity contribution in [2.45, 2.75) is 19.8 Å². The summed E-state index contributed by atoms with van der Waals surface area (Å²) in [6, 6.07) is 0. The molecule has 0 amide bonds. The van der Waals surface area contributed by atoms with Gasteiger partial charge < -0.3 is 11.1 Å². The Morgan fingerprint density at radius 3 is 2.90 bits per heavy atom. The van der Waals surface area contributed by atoms with Crippen molar-refractivity contribution >= 4 is 0 Å². The summed E-state index contributed by atoms with van der Waals surface area (Å²) in [7, 11) is 0. The van der Waals surface area contributed by atoms with Gasteiger partial charge in [-0.25, -0.2) is 0 Å². The molecule has 0 aromatic rings. The van der Waals surface area contributed by atoms with E-state index in [1.54, 1.807) is 6.20 Å². The Bertz CT molecular complexity index is 81.3. The molecular weight excluding hydrogens is 124 g/mol. The van der Waals surface area contributed by atoms with E-state index in [1.165, 1.54) is 12.8 Å². The van der Waals surface area contributed by atoms with Gasteiger partial charge in [0.05, 0.1) is 0 Å². The van der Waals surface area contributed by atoms with E-state index >= 15 is 0 Å². The van der Waals surface area contributed by atoms with E-state index < -0.39 is 0 Å². The van der Waals surface area contributed by atoms with Crippen molar-refractivity contribution in [2.75, 3.05) is 13.1 Å². The standard InChI is InChI=1S/C8H18N2/c1-3-10-6-4-5-8(2)7-9/h3,8,10H,1,4-7,9H2,2H3. The second kappa shape index (κ2) is 6.62. The lowest BCUT2D eigenvalue weighted by atomic mass is 10.1. The van der Waals surface area contributed by atoms with Crippen LogP contribution in [0.5, 0.6) is 0 Å². The van der Waals surface area contributed by atoms with Gasteiger partial charge in [-0.15, -0.1) is 0 Å². The van der Waals surface area contributed by atoms with Gasteiger partial charge in [-0.05, 0) is 31.5 Å². The van der Waals surface area contributed by atoms with Crippen molar-refractivity contribution in [1.82, 2.24) is 5.32 Å². The lowest BCUT2D eigenvalue weighted by Crippen LogP contribution is -2.13. The quantitative estimate of drug-likeness (QED) is 0.545. The highest BCUT2D eigenvalue weighted by atomic mass is 14.8. The summed E-state index contributed by atoms with van der Waals surface area (Å²) in [5, 5.41) is 3.05. The predicted molar refractivity (Wildman–Crippen MR) is 45.7 cm³/mol. The first kappa shape index (κ1) is 9.50. The van der Waals surface area contributed by atoms with Gasteiger partial charge in [0.25, 0.3) is 0 Å². The fourth-order valence-corrected chi connectivity index (χ4v) is 0.772. The largest absolute Gasteiger partial charge is 0.391 e. The maximum Gasteiger partial charge on any atom is 0.0141 e. The summed E-state index contributed by atoms with van der Waals surface area (Å²) >= 11 is 0. The first-order valence-electron chi connectivity index (χ1n) is 3.85. The van der Waals surface area contributed by atoms with Gasteiger partial charge in [-0.2, -0.15) is 0 Å². The van der Waals surface area contributed by atoms with Crippen LogP contribution in [0.3, 0.4) is 0 Å². The molecular formula is C8H18N2. The minimum atomic E-state index is 0.659. The highest BCUT2D eigenvalue weighted by Crippen LogP contribution is 2.01. The molecule has 10 heavy (non-hydrogen) atoms. The maximum atomic E-state index is 5.45. The van der Waals surface area contributed by atoms with Gasteiger partial charge in [0.1, 0.15) is 0 Å². The Kier molecular flexibility index (Phi) is 6.29.